The zero-order chi connectivity index (χ0) is 12.8. The van der Waals surface area contributed by atoms with E-state index in [2.05, 4.69) is 11.4 Å². The number of thiophene rings is 1. The van der Waals surface area contributed by atoms with Crippen LogP contribution < -0.4 is 11.1 Å². The molecule has 1 amide bonds. The van der Waals surface area contributed by atoms with E-state index in [0.717, 1.165) is 32.5 Å². The van der Waals surface area contributed by atoms with E-state index in [1.165, 1.54) is 4.88 Å². The van der Waals surface area contributed by atoms with Gasteiger partial charge in [0.15, 0.2) is 0 Å². The number of rotatable bonds is 5. The third-order valence-corrected chi connectivity index (χ3v) is 4.26. The highest BCUT2D eigenvalue weighted by molar-refractivity contribution is 7.09. The number of carbonyl (C=O) groups is 1. The zero-order valence-corrected chi connectivity index (χ0v) is 12.5. The van der Waals surface area contributed by atoms with Gasteiger partial charge in [-0.1, -0.05) is 6.07 Å². The van der Waals surface area contributed by atoms with Crippen LogP contribution in [0.5, 0.6) is 0 Å². The molecular weight excluding hydrogens is 284 g/mol. The fraction of sp³-hybridized carbons (Fsp3) is 0.615. The van der Waals surface area contributed by atoms with Crippen LogP contribution in [0.2, 0.25) is 0 Å². The fourth-order valence-electron chi connectivity index (χ4n) is 2.17. The van der Waals surface area contributed by atoms with E-state index in [1.807, 2.05) is 11.4 Å². The van der Waals surface area contributed by atoms with Gasteiger partial charge in [0, 0.05) is 24.6 Å². The summed E-state index contributed by atoms with van der Waals surface area (Å²) in [5.41, 5.74) is 5.99. The van der Waals surface area contributed by atoms with Gasteiger partial charge < -0.3 is 15.8 Å². The van der Waals surface area contributed by atoms with Crippen molar-refractivity contribution in [3.63, 3.8) is 0 Å². The van der Waals surface area contributed by atoms with E-state index in [0.29, 0.717) is 6.54 Å². The highest BCUT2D eigenvalue weighted by atomic mass is 35.5. The van der Waals surface area contributed by atoms with Crippen molar-refractivity contribution in [2.24, 2.45) is 11.7 Å². The third kappa shape index (κ3) is 5.10. The molecule has 1 fully saturated rings. The Bertz CT molecular complexity index is 367. The average Bonchev–Trinajstić information content (AvgIpc) is 2.92. The molecule has 0 aromatic carbocycles. The van der Waals surface area contributed by atoms with E-state index in [9.17, 15) is 4.79 Å². The van der Waals surface area contributed by atoms with Gasteiger partial charge >= 0.3 is 0 Å². The molecule has 108 valence electrons. The predicted molar refractivity (Wildman–Crippen MR) is 79.8 cm³/mol. The van der Waals surface area contributed by atoms with Gasteiger partial charge in [-0.3, -0.25) is 4.79 Å². The Morgan fingerprint density at radius 1 is 1.53 bits per heavy atom. The summed E-state index contributed by atoms with van der Waals surface area (Å²) in [6, 6.07) is 3.71. The largest absolute Gasteiger partial charge is 0.381 e. The summed E-state index contributed by atoms with van der Waals surface area (Å²) in [5, 5.41) is 4.97. The van der Waals surface area contributed by atoms with Crippen LogP contribution in [0, 0.1) is 5.92 Å². The lowest BCUT2D eigenvalue weighted by molar-refractivity contribution is -0.124. The minimum absolute atomic E-state index is 0. The monoisotopic (exact) mass is 304 g/mol. The van der Waals surface area contributed by atoms with Crippen molar-refractivity contribution in [2.45, 2.75) is 25.3 Å². The molecule has 2 rings (SSSR count). The first-order valence-electron chi connectivity index (χ1n) is 6.41. The second kappa shape index (κ2) is 8.53. The van der Waals surface area contributed by atoms with Crippen LogP contribution >= 0.6 is 23.7 Å². The van der Waals surface area contributed by atoms with Crippen molar-refractivity contribution in [3.05, 3.63) is 22.4 Å². The Hall–Kier alpha value is -0.620. The van der Waals surface area contributed by atoms with Crippen LogP contribution in [-0.4, -0.2) is 31.7 Å². The minimum atomic E-state index is -0.391. The van der Waals surface area contributed by atoms with Gasteiger partial charge in [-0.25, -0.2) is 0 Å². The maximum absolute atomic E-state index is 11.9. The fourth-order valence-corrected chi connectivity index (χ4v) is 2.88. The summed E-state index contributed by atoms with van der Waals surface area (Å²) in [4.78, 5) is 13.2. The Kier molecular flexibility index (Phi) is 7.38. The van der Waals surface area contributed by atoms with Gasteiger partial charge in [0.2, 0.25) is 5.91 Å². The van der Waals surface area contributed by atoms with Gasteiger partial charge in [-0.2, -0.15) is 0 Å². The van der Waals surface area contributed by atoms with Gasteiger partial charge in [0.05, 0.1) is 6.04 Å². The molecule has 0 spiro atoms. The van der Waals surface area contributed by atoms with Crippen molar-refractivity contribution in [3.8, 4) is 0 Å². The first-order chi connectivity index (χ1) is 8.77. The molecule has 1 atom stereocenters. The second-order valence-electron chi connectivity index (χ2n) is 4.60. The number of nitrogens with two attached hydrogens (primary N) is 1. The van der Waals surface area contributed by atoms with E-state index < -0.39 is 6.04 Å². The molecule has 1 aliphatic heterocycles. The molecule has 0 saturated carbocycles. The van der Waals surface area contributed by atoms with Gasteiger partial charge in [-0.05, 0) is 36.6 Å². The standard InChI is InChI=1S/C13H20N2O2S.ClH/c14-12(10-4-7-17-8-5-10)13(16)15-6-3-11-2-1-9-18-11;/h1-2,9-10,12H,3-8,14H2,(H,15,16);1H. The summed E-state index contributed by atoms with van der Waals surface area (Å²) in [6.45, 7) is 2.11. The van der Waals surface area contributed by atoms with Crippen molar-refractivity contribution < 1.29 is 9.53 Å². The van der Waals surface area contributed by atoms with Crippen molar-refractivity contribution in [1.29, 1.82) is 0 Å². The highest BCUT2D eigenvalue weighted by Gasteiger charge is 2.26. The van der Waals surface area contributed by atoms with Gasteiger partial charge in [0.1, 0.15) is 0 Å². The Labute approximate surface area is 124 Å². The maximum atomic E-state index is 11.9. The molecule has 6 heteroatoms. The molecule has 0 bridgehead atoms. The number of hydrogen-bond donors (Lipinski definition) is 2. The number of hydrogen-bond acceptors (Lipinski definition) is 4. The number of halogens is 1. The normalized spacial score (nSPS) is 17.5. The summed E-state index contributed by atoms with van der Waals surface area (Å²) in [7, 11) is 0. The van der Waals surface area contributed by atoms with E-state index in [-0.39, 0.29) is 24.2 Å². The number of carbonyl (C=O) groups excluding carboxylic acids is 1. The maximum Gasteiger partial charge on any atom is 0.237 e. The van der Waals surface area contributed by atoms with Crippen molar-refractivity contribution in [1.82, 2.24) is 5.32 Å². The van der Waals surface area contributed by atoms with Crippen LogP contribution in [0.4, 0.5) is 0 Å². The molecule has 0 radical (unpaired) electrons. The van der Waals surface area contributed by atoms with Crippen LogP contribution in [0.3, 0.4) is 0 Å². The molecule has 1 aliphatic rings. The van der Waals surface area contributed by atoms with E-state index >= 15 is 0 Å². The lowest BCUT2D eigenvalue weighted by Gasteiger charge is -2.26. The van der Waals surface area contributed by atoms with Crippen molar-refractivity contribution >= 4 is 29.7 Å². The molecule has 19 heavy (non-hydrogen) atoms. The molecule has 1 unspecified atom stereocenters. The summed E-state index contributed by atoms with van der Waals surface area (Å²) < 4.78 is 5.27. The molecule has 3 N–H and O–H groups in total. The first-order valence-corrected chi connectivity index (χ1v) is 7.29. The highest BCUT2D eigenvalue weighted by Crippen LogP contribution is 2.17. The third-order valence-electron chi connectivity index (χ3n) is 3.33. The Balaban J connectivity index is 0.00000180. The summed E-state index contributed by atoms with van der Waals surface area (Å²) >= 11 is 1.71. The number of nitrogens with one attached hydrogen (secondary N) is 1. The minimum Gasteiger partial charge on any atom is -0.381 e. The van der Waals surface area contributed by atoms with Gasteiger partial charge in [-0.15, -0.1) is 23.7 Å². The summed E-state index contributed by atoms with van der Waals surface area (Å²) in [5.74, 6) is 0.235. The van der Waals surface area contributed by atoms with E-state index in [1.54, 1.807) is 11.3 Å². The van der Waals surface area contributed by atoms with Crippen molar-refractivity contribution in [2.75, 3.05) is 19.8 Å². The first kappa shape index (κ1) is 16.4. The van der Waals surface area contributed by atoms with Crippen LogP contribution in [-0.2, 0) is 16.0 Å². The quantitative estimate of drug-likeness (QED) is 0.868. The molecule has 1 aromatic rings. The topological polar surface area (TPSA) is 64.4 Å². The molecule has 1 saturated heterocycles. The lowest BCUT2D eigenvalue weighted by Crippen LogP contribution is -2.47. The van der Waals surface area contributed by atoms with Crippen LogP contribution in [0.1, 0.15) is 17.7 Å². The predicted octanol–water partition coefficient (Wildman–Crippen LogP) is 1.58. The Morgan fingerprint density at radius 2 is 2.26 bits per heavy atom. The molecule has 1 aromatic heterocycles. The van der Waals surface area contributed by atoms with E-state index in [4.69, 9.17) is 10.5 Å². The van der Waals surface area contributed by atoms with Crippen LogP contribution in [0.25, 0.3) is 0 Å². The van der Waals surface area contributed by atoms with Gasteiger partial charge in [0.25, 0.3) is 0 Å². The molecule has 4 nitrogen and oxygen atoms in total. The smallest absolute Gasteiger partial charge is 0.237 e. The molecule has 0 aliphatic carbocycles. The second-order valence-corrected chi connectivity index (χ2v) is 5.63. The summed E-state index contributed by atoms with van der Waals surface area (Å²) in [6.07, 6.45) is 2.66. The lowest BCUT2D eigenvalue weighted by atomic mass is 9.92. The Morgan fingerprint density at radius 3 is 2.89 bits per heavy atom. The van der Waals surface area contributed by atoms with Crippen LogP contribution in [0.15, 0.2) is 17.5 Å². The zero-order valence-electron chi connectivity index (χ0n) is 10.8. The number of ether oxygens (including phenoxy) is 1. The average molecular weight is 305 g/mol. The number of amides is 1. The molecular formula is C13H21ClN2O2S. The SMILES string of the molecule is Cl.NC(C(=O)NCCc1cccs1)C1CCOCC1. The molecule has 2 heterocycles.